The molecule has 0 radical (unpaired) electrons. The Morgan fingerprint density at radius 3 is 2.51 bits per heavy atom. The van der Waals surface area contributed by atoms with Crippen LogP contribution in [0.3, 0.4) is 0 Å². The van der Waals surface area contributed by atoms with Crippen LogP contribution in [0.15, 0.2) is 28.7 Å². The number of halogens is 3. The second kappa shape index (κ2) is 9.07. The molecule has 0 saturated carbocycles. The van der Waals surface area contributed by atoms with Gasteiger partial charge in [-0.05, 0) is 61.9 Å². The van der Waals surface area contributed by atoms with Gasteiger partial charge in [0, 0.05) is 17.5 Å². The lowest BCUT2D eigenvalue weighted by Crippen LogP contribution is -2.64. The average Bonchev–Trinajstić information content (AvgIpc) is 3.37. The molecule has 39 heavy (non-hydrogen) atoms. The number of carbonyl (C=O) groups excluding carboxylic acids is 3. The number of rotatable bonds is 4. The maximum absolute atomic E-state index is 14.5. The molecule has 0 bridgehead atoms. The number of primary amides is 1. The number of likely N-dealkylation sites (N-methyl/N-ethyl adjacent to an activating group) is 1. The highest BCUT2D eigenvalue weighted by Gasteiger charge is 2.63. The van der Waals surface area contributed by atoms with E-state index < -0.39 is 105 Å². The van der Waals surface area contributed by atoms with Crippen LogP contribution in [0.5, 0.6) is 5.75 Å². The Morgan fingerprint density at radius 2 is 1.95 bits per heavy atom. The first-order valence-electron chi connectivity index (χ1n) is 12.7. The van der Waals surface area contributed by atoms with E-state index in [2.05, 4.69) is 10.6 Å². The van der Waals surface area contributed by atoms with Crippen molar-refractivity contribution in [1.29, 1.82) is 0 Å². The van der Waals surface area contributed by atoms with Crippen LogP contribution in [0, 0.1) is 11.8 Å². The number of allylic oxidation sites excluding steroid dienone is 1. The minimum atomic E-state index is -4.87. The molecule has 5 atom stereocenters. The summed E-state index contributed by atoms with van der Waals surface area (Å²) in [5, 5.41) is 50.1. The molecule has 1 heterocycles. The summed E-state index contributed by atoms with van der Waals surface area (Å²) in [4.78, 5) is 38.9. The van der Waals surface area contributed by atoms with E-state index in [9.17, 15) is 48.0 Å². The Morgan fingerprint density at radius 1 is 1.26 bits per heavy atom. The summed E-state index contributed by atoms with van der Waals surface area (Å²) in [6.45, 7) is 2.30. The highest BCUT2D eigenvalue weighted by molar-refractivity contribution is 6.24. The van der Waals surface area contributed by atoms with E-state index in [1.54, 1.807) is 6.92 Å². The van der Waals surface area contributed by atoms with E-state index in [0.29, 0.717) is 19.4 Å². The molecule has 1 fully saturated rings. The molecule has 10 nitrogen and oxygen atoms in total. The molecule has 1 aliphatic heterocycles. The Balaban J connectivity index is 1.73. The molecule has 1 saturated heterocycles. The van der Waals surface area contributed by atoms with Gasteiger partial charge in [-0.3, -0.25) is 14.4 Å². The molecule has 8 N–H and O–H groups in total. The lowest BCUT2D eigenvalue weighted by atomic mass is 9.58. The van der Waals surface area contributed by atoms with Crippen LogP contribution in [0.4, 0.5) is 13.2 Å². The monoisotopic (exact) mass is 551 g/mol. The van der Waals surface area contributed by atoms with E-state index in [1.807, 2.05) is 0 Å². The summed E-state index contributed by atoms with van der Waals surface area (Å²) < 4.78 is 43.5. The molecule has 1 aromatic rings. The SMILES string of the molecule is CCN[C@@H]1C(O)=C(C(N)=O)C(=O)[C@@]2(O)C(O)=C3C(=O)c4c(O)cc([C@@H]5CCCN5)c(C(F)(F)F)c4C[C@H]3C[C@@H]12. The quantitative estimate of drug-likeness (QED) is 0.273. The van der Waals surface area contributed by atoms with Gasteiger partial charge in [-0.1, -0.05) is 6.92 Å². The number of aliphatic hydroxyl groups is 3. The van der Waals surface area contributed by atoms with E-state index in [4.69, 9.17) is 5.73 Å². The molecule has 13 heteroatoms. The number of nitrogens with one attached hydrogen (secondary N) is 2. The maximum atomic E-state index is 14.5. The van der Waals surface area contributed by atoms with Gasteiger partial charge in [0.05, 0.1) is 17.2 Å². The molecule has 5 rings (SSSR count). The molecule has 0 spiro atoms. The number of phenolic OH excluding ortho intramolecular Hbond substituents is 1. The van der Waals surface area contributed by atoms with Crippen LogP contribution in [0.1, 0.15) is 59.3 Å². The van der Waals surface area contributed by atoms with Crippen molar-refractivity contribution in [2.24, 2.45) is 17.6 Å². The number of aliphatic hydroxyl groups excluding tert-OH is 2. The number of benzene rings is 1. The Labute approximate surface area is 220 Å². The number of nitrogens with two attached hydrogens (primary N) is 1. The first kappa shape index (κ1) is 27.2. The molecule has 3 aliphatic carbocycles. The Kier molecular flexibility index (Phi) is 6.31. The third kappa shape index (κ3) is 3.78. The normalized spacial score (nSPS) is 30.8. The van der Waals surface area contributed by atoms with E-state index in [0.717, 1.165) is 6.07 Å². The number of Topliss-reactive ketones (excluding diaryl/α,β-unsaturated/α-hetero) is 2. The van der Waals surface area contributed by atoms with Crippen molar-refractivity contribution in [2.45, 2.75) is 56.5 Å². The number of aromatic hydroxyl groups is 1. The van der Waals surface area contributed by atoms with Crippen LogP contribution < -0.4 is 16.4 Å². The van der Waals surface area contributed by atoms with Crippen LogP contribution in [-0.4, -0.2) is 62.6 Å². The number of amides is 1. The topological polar surface area (TPSA) is 182 Å². The highest BCUT2D eigenvalue weighted by atomic mass is 19.4. The Hall–Kier alpha value is -3.42. The summed E-state index contributed by atoms with van der Waals surface area (Å²) in [5.74, 6) is -9.00. The first-order chi connectivity index (χ1) is 18.2. The molecule has 0 unspecified atom stereocenters. The lowest BCUT2D eigenvalue weighted by Gasteiger charge is -2.49. The first-order valence-corrected chi connectivity index (χ1v) is 12.7. The van der Waals surface area contributed by atoms with Gasteiger partial charge in [0.2, 0.25) is 5.78 Å². The second-order valence-electron chi connectivity index (χ2n) is 10.5. The number of carbonyl (C=O) groups is 3. The smallest absolute Gasteiger partial charge is 0.417 e. The number of fused-ring (bicyclic) bond motifs is 3. The number of alkyl halides is 3. The summed E-state index contributed by atoms with van der Waals surface area (Å²) in [6, 6.07) is -1.05. The van der Waals surface area contributed by atoms with Gasteiger partial charge in [-0.15, -0.1) is 0 Å². The maximum Gasteiger partial charge on any atom is 0.417 e. The third-order valence-electron chi connectivity index (χ3n) is 8.38. The molecular formula is C26H28F3N3O7. The van der Waals surface area contributed by atoms with Crippen LogP contribution >= 0.6 is 0 Å². The minimum Gasteiger partial charge on any atom is -0.510 e. The van der Waals surface area contributed by atoms with E-state index >= 15 is 0 Å². The van der Waals surface area contributed by atoms with Crippen molar-refractivity contribution in [1.82, 2.24) is 10.6 Å². The third-order valence-corrected chi connectivity index (χ3v) is 8.38. The van der Waals surface area contributed by atoms with Crippen molar-refractivity contribution >= 4 is 17.5 Å². The largest absolute Gasteiger partial charge is 0.510 e. The summed E-state index contributed by atoms with van der Waals surface area (Å²) >= 11 is 0. The van der Waals surface area contributed by atoms with E-state index in [-0.39, 0.29) is 18.5 Å². The van der Waals surface area contributed by atoms with Crippen molar-refractivity contribution in [3.8, 4) is 5.75 Å². The van der Waals surface area contributed by atoms with Crippen molar-refractivity contribution in [3.63, 3.8) is 0 Å². The van der Waals surface area contributed by atoms with Crippen LogP contribution in [0.25, 0.3) is 0 Å². The van der Waals surface area contributed by atoms with Gasteiger partial charge in [0.15, 0.2) is 11.4 Å². The van der Waals surface area contributed by atoms with E-state index in [1.165, 1.54) is 0 Å². The second-order valence-corrected chi connectivity index (χ2v) is 10.5. The van der Waals surface area contributed by atoms with Crippen molar-refractivity contribution in [2.75, 3.05) is 13.1 Å². The number of phenols is 1. The standard InChI is InChI=1S/C26H28F3N3O7/c1-2-31-19-12-7-9-6-11-16(14(33)8-10(13-4-3-5-32-13)18(11)26(27,28)29)20(34)15(9)22(36)25(12,39)23(37)17(21(19)35)24(30)38/h8-9,12-13,19,31-33,35-36,39H,2-7H2,1H3,(H2,30,38)/t9-,12-,13-,19-,25-/m0/s1. The minimum absolute atomic E-state index is 0.176. The summed E-state index contributed by atoms with van der Waals surface area (Å²) in [7, 11) is 0. The fourth-order valence-corrected chi connectivity index (χ4v) is 6.79. The van der Waals surface area contributed by atoms with Crippen molar-refractivity contribution < 1.29 is 48.0 Å². The van der Waals surface area contributed by atoms with Crippen LogP contribution in [0.2, 0.25) is 0 Å². The highest BCUT2D eigenvalue weighted by Crippen LogP contribution is 2.54. The molecule has 0 aromatic heterocycles. The van der Waals surface area contributed by atoms with Crippen molar-refractivity contribution in [3.05, 3.63) is 51.0 Å². The van der Waals surface area contributed by atoms with Gasteiger partial charge in [-0.25, -0.2) is 0 Å². The van der Waals surface area contributed by atoms with Gasteiger partial charge < -0.3 is 36.8 Å². The lowest BCUT2D eigenvalue weighted by molar-refractivity contribution is -0.146. The van der Waals surface area contributed by atoms with Gasteiger partial charge in [-0.2, -0.15) is 13.2 Å². The summed E-state index contributed by atoms with van der Waals surface area (Å²) in [5.41, 5.74) is -1.38. The number of ketones is 2. The molecule has 4 aliphatic rings. The fourth-order valence-electron chi connectivity index (χ4n) is 6.79. The van der Waals surface area contributed by atoms with Gasteiger partial charge >= 0.3 is 6.18 Å². The molecule has 1 amide bonds. The van der Waals surface area contributed by atoms with Gasteiger partial charge in [0.1, 0.15) is 22.8 Å². The summed E-state index contributed by atoms with van der Waals surface area (Å²) in [6.07, 6.45) is -4.58. The molecular weight excluding hydrogens is 523 g/mol. The predicted octanol–water partition coefficient (Wildman–Crippen LogP) is 1.61. The average molecular weight is 552 g/mol. The number of hydrogen-bond acceptors (Lipinski definition) is 9. The zero-order valence-electron chi connectivity index (χ0n) is 20.9. The zero-order chi connectivity index (χ0) is 28.6. The number of hydrogen-bond donors (Lipinski definition) is 7. The Bertz CT molecular complexity index is 1360. The molecule has 210 valence electrons. The molecule has 1 aromatic carbocycles. The zero-order valence-corrected chi connectivity index (χ0v) is 20.9. The van der Waals surface area contributed by atoms with Gasteiger partial charge in [0.25, 0.3) is 5.91 Å². The fraction of sp³-hybridized carbons (Fsp3) is 0.500. The van der Waals surface area contributed by atoms with Crippen LogP contribution in [-0.2, 0) is 22.2 Å². The predicted molar refractivity (Wildman–Crippen MR) is 129 cm³/mol.